The molecule has 0 N–H and O–H groups in total. The second-order valence-corrected chi connectivity index (χ2v) is 4.17. The van der Waals surface area contributed by atoms with Gasteiger partial charge in [0.1, 0.15) is 4.83 Å². The highest BCUT2D eigenvalue weighted by molar-refractivity contribution is 7.26. The summed E-state index contributed by atoms with van der Waals surface area (Å²) in [6, 6.07) is 1.53. The molecule has 0 spiro atoms. The number of fused-ring (bicyclic) bond motifs is 1. The zero-order valence-corrected chi connectivity index (χ0v) is 6.85. The molecule has 2 rings (SSSR count). The summed E-state index contributed by atoms with van der Waals surface area (Å²) in [6.07, 6.45) is 0. The molecule has 52 valence electrons. The number of rotatable bonds is 0. The van der Waals surface area contributed by atoms with Crippen LogP contribution in [0.3, 0.4) is 0 Å². The molecule has 1 nitrogen and oxygen atoms in total. The highest BCUT2D eigenvalue weighted by atomic mass is 32.1. The molecule has 0 saturated carbocycles. The molecule has 0 atom stereocenters. The molecule has 0 unspecified atom stereocenters. The third-order valence-electron chi connectivity index (χ3n) is 1.17. The molecule has 0 aliphatic heterocycles. The zero-order valence-electron chi connectivity index (χ0n) is 5.22. The van der Waals surface area contributed by atoms with Crippen LogP contribution in [-0.4, -0.2) is 4.98 Å². The Morgan fingerprint density at radius 1 is 1.50 bits per heavy atom. The van der Waals surface area contributed by atoms with E-state index in [-0.39, 0.29) is 5.13 Å². The van der Waals surface area contributed by atoms with Crippen LogP contribution < -0.4 is 0 Å². The fourth-order valence-corrected chi connectivity index (χ4v) is 2.65. The summed E-state index contributed by atoms with van der Waals surface area (Å²) >= 11 is 2.64. The minimum absolute atomic E-state index is 0.145. The number of hydrogen-bond donors (Lipinski definition) is 0. The van der Waals surface area contributed by atoms with Gasteiger partial charge in [-0.15, -0.1) is 11.3 Å². The summed E-state index contributed by atoms with van der Waals surface area (Å²) in [5, 5.41) is 0.856. The van der Waals surface area contributed by atoms with Gasteiger partial charge in [0.05, 0.1) is 9.71 Å². The average molecular weight is 173 g/mol. The maximum atomic E-state index is 12.5. The van der Waals surface area contributed by atoms with E-state index in [2.05, 4.69) is 4.98 Å². The summed E-state index contributed by atoms with van der Waals surface area (Å²) in [7, 11) is 0. The van der Waals surface area contributed by atoms with Crippen molar-refractivity contribution in [1.82, 2.24) is 4.98 Å². The van der Waals surface area contributed by atoms with Crippen LogP contribution in [0.2, 0.25) is 0 Å². The van der Waals surface area contributed by atoms with E-state index in [1.165, 1.54) is 17.4 Å². The van der Waals surface area contributed by atoms with Crippen LogP contribution in [0.4, 0.5) is 4.39 Å². The Kier molecular flexibility index (Phi) is 1.25. The SMILES string of the molecule is Cc1nc2sc(F)cc2s1. The number of aryl methyl sites for hydroxylation is 1. The number of aromatic nitrogens is 1. The van der Waals surface area contributed by atoms with Crippen LogP contribution in [0.15, 0.2) is 6.07 Å². The van der Waals surface area contributed by atoms with Gasteiger partial charge in [-0.25, -0.2) is 4.98 Å². The number of thiazole rings is 1. The van der Waals surface area contributed by atoms with Gasteiger partial charge in [0.2, 0.25) is 0 Å². The first-order chi connectivity index (χ1) is 4.75. The van der Waals surface area contributed by atoms with Gasteiger partial charge in [-0.2, -0.15) is 4.39 Å². The van der Waals surface area contributed by atoms with Gasteiger partial charge in [-0.1, -0.05) is 11.3 Å². The van der Waals surface area contributed by atoms with E-state index in [1.807, 2.05) is 6.92 Å². The predicted octanol–water partition coefficient (Wildman–Crippen LogP) is 2.81. The normalized spacial score (nSPS) is 11.0. The van der Waals surface area contributed by atoms with Crippen molar-refractivity contribution in [2.24, 2.45) is 0 Å². The van der Waals surface area contributed by atoms with Gasteiger partial charge in [0, 0.05) is 6.07 Å². The number of halogens is 1. The summed E-state index contributed by atoms with van der Waals surface area (Å²) in [4.78, 5) is 4.95. The Morgan fingerprint density at radius 3 is 3.00 bits per heavy atom. The molecule has 10 heavy (non-hydrogen) atoms. The van der Waals surface area contributed by atoms with E-state index in [0.29, 0.717) is 0 Å². The fraction of sp³-hybridized carbons (Fsp3) is 0.167. The molecule has 0 bridgehead atoms. The fourth-order valence-electron chi connectivity index (χ4n) is 0.813. The number of nitrogens with zero attached hydrogens (tertiary/aromatic N) is 1. The second-order valence-electron chi connectivity index (χ2n) is 1.95. The Balaban J connectivity index is 2.83. The van der Waals surface area contributed by atoms with Crippen molar-refractivity contribution in [3.63, 3.8) is 0 Å². The number of thiophene rings is 1. The van der Waals surface area contributed by atoms with E-state index >= 15 is 0 Å². The maximum absolute atomic E-state index is 12.5. The first-order valence-electron chi connectivity index (χ1n) is 2.78. The highest BCUT2D eigenvalue weighted by Gasteiger charge is 2.04. The largest absolute Gasteiger partial charge is 0.231 e. The standard InChI is InChI=1S/C6H4FNS2/c1-3-8-6-4(9-3)2-5(7)10-6/h2H,1H3. The molecule has 2 aromatic rings. The maximum Gasteiger partial charge on any atom is 0.179 e. The van der Waals surface area contributed by atoms with Gasteiger partial charge >= 0.3 is 0 Å². The molecular weight excluding hydrogens is 169 g/mol. The van der Waals surface area contributed by atoms with E-state index in [1.54, 1.807) is 0 Å². The second kappa shape index (κ2) is 2.00. The Bertz CT molecular complexity index is 300. The first-order valence-corrected chi connectivity index (χ1v) is 4.41. The lowest BCUT2D eigenvalue weighted by Crippen LogP contribution is -1.60. The van der Waals surface area contributed by atoms with Crippen molar-refractivity contribution in [3.05, 3.63) is 16.2 Å². The molecule has 0 aliphatic carbocycles. The van der Waals surface area contributed by atoms with Crippen LogP contribution in [0, 0.1) is 12.1 Å². The van der Waals surface area contributed by atoms with Crippen molar-refractivity contribution < 1.29 is 4.39 Å². The lowest BCUT2D eigenvalue weighted by molar-refractivity contribution is 0.658. The predicted molar refractivity (Wildman–Crippen MR) is 42.2 cm³/mol. The van der Waals surface area contributed by atoms with Crippen LogP contribution in [0.25, 0.3) is 9.53 Å². The molecule has 2 aromatic heterocycles. The third-order valence-corrected chi connectivity index (χ3v) is 3.03. The molecule has 0 radical (unpaired) electrons. The Hall–Kier alpha value is -0.480. The summed E-state index contributed by atoms with van der Waals surface area (Å²) in [5.74, 6) is 0. The molecule has 0 fully saturated rings. The molecule has 4 heteroatoms. The van der Waals surface area contributed by atoms with Gasteiger partial charge < -0.3 is 0 Å². The van der Waals surface area contributed by atoms with Gasteiger partial charge in [0.15, 0.2) is 5.13 Å². The third kappa shape index (κ3) is 0.839. The minimum atomic E-state index is -0.145. The van der Waals surface area contributed by atoms with Crippen molar-refractivity contribution in [2.75, 3.05) is 0 Å². The van der Waals surface area contributed by atoms with Crippen molar-refractivity contribution >= 4 is 32.2 Å². The van der Waals surface area contributed by atoms with Crippen LogP contribution in [0.5, 0.6) is 0 Å². The van der Waals surface area contributed by atoms with E-state index in [0.717, 1.165) is 25.9 Å². The van der Waals surface area contributed by atoms with Gasteiger partial charge in [-0.05, 0) is 6.92 Å². The molecule has 0 aliphatic rings. The molecular formula is C6H4FNS2. The summed E-state index contributed by atoms with van der Waals surface area (Å²) < 4.78 is 13.4. The van der Waals surface area contributed by atoms with Crippen LogP contribution >= 0.6 is 22.7 Å². The summed E-state index contributed by atoms with van der Waals surface area (Å²) in [6.45, 7) is 1.93. The topological polar surface area (TPSA) is 12.9 Å². The highest BCUT2D eigenvalue weighted by Crippen LogP contribution is 2.28. The van der Waals surface area contributed by atoms with Crippen LogP contribution in [0.1, 0.15) is 5.01 Å². The van der Waals surface area contributed by atoms with E-state index in [9.17, 15) is 4.39 Å². The van der Waals surface area contributed by atoms with Crippen molar-refractivity contribution in [1.29, 1.82) is 0 Å². The smallest absolute Gasteiger partial charge is 0.179 e. The molecule has 2 heterocycles. The van der Waals surface area contributed by atoms with E-state index < -0.39 is 0 Å². The molecule has 0 aromatic carbocycles. The number of hydrogen-bond acceptors (Lipinski definition) is 3. The Morgan fingerprint density at radius 2 is 2.30 bits per heavy atom. The lowest BCUT2D eigenvalue weighted by atomic mass is 10.6. The monoisotopic (exact) mass is 173 g/mol. The average Bonchev–Trinajstić information content (AvgIpc) is 2.21. The van der Waals surface area contributed by atoms with Crippen LogP contribution in [-0.2, 0) is 0 Å². The quantitative estimate of drug-likeness (QED) is 0.597. The molecule has 0 saturated heterocycles. The minimum Gasteiger partial charge on any atom is -0.231 e. The first kappa shape index (κ1) is 6.24. The molecule has 0 amide bonds. The van der Waals surface area contributed by atoms with Gasteiger partial charge in [0.25, 0.3) is 0 Å². The van der Waals surface area contributed by atoms with Crippen molar-refractivity contribution in [2.45, 2.75) is 6.92 Å². The Labute approximate surface area is 65.1 Å². The van der Waals surface area contributed by atoms with Gasteiger partial charge in [-0.3, -0.25) is 0 Å². The zero-order chi connectivity index (χ0) is 7.14. The van der Waals surface area contributed by atoms with E-state index in [4.69, 9.17) is 0 Å². The summed E-state index contributed by atoms with van der Waals surface area (Å²) in [5.41, 5.74) is 0. The lowest BCUT2D eigenvalue weighted by Gasteiger charge is -1.71. The van der Waals surface area contributed by atoms with Crippen molar-refractivity contribution in [3.8, 4) is 0 Å².